The van der Waals surface area contributed by atoms with Crippen LogP contribution in [0, 0.1) is 0 Å². The molecule has 0 fully saturated rings. The fraction of sp³-hybridized carbons (Fsp3) is 0.267. The quantitative estimate of drug-likeness (QED) is 0.787. The fourth-order valence-corrected chi connectivity index (χ4v) is 2.10. The van der Waals surface area contributed by atoms with Crippen LogP contribution >= 0.6 is 15.9 Å². The molecule has 3 nitrogen and oxygen atoms in total. The van der Waals surface area contributed by atoms with E-state index in [0.717, 1.165) is 16.8 Å². The Hall–Kier alpha value is -1.55. The molecule has 0 saturated heterocycles. The lowest BCUT2D eigenvalue weighted by atomic mass is 10.3. The van der Waals surface area contributed by atoms with Crippen LogP contribution in [0.2, 0.25) is 0 Å². The van der Waals surface area contributed by atoms with Crippen molar-refractivity contribution >= 4 is 21.6 Å². The summed E-state index contributed by atoms with van der Waals surface area (Å²) in [6, 6.07) is 12.1. The van der Waals surface area contributed by atoms with Gasteiger partial charge in [-0.3, -0.25) is 0 Å². The van der Waals surface area contributed by atoms with Crippen molar-refractivity contribution in [2.24, 2.45) is 0 Å². The molecule has 0 spiro atoms. The van der Waals surface area contributed by atoms with Crippen molar-refractivity contribution in [3.63, 3.8) is 0 Å². The van der Waals surface area contributed by atoms with Gasteiger partial charge in [-0.05, 0) is 18.2 Å². The molecule has 1 aromatic heterocycles. The van der Waals surface area contributed by atoms with Gasteiger partial charge in [-0.15, -0.1) is 0 Å². The van der Waals surface area contributed by atoms with E-state index in [2.05, 4.69) is 49.9 Å². The monoisotopic (exact) mass is 321 g/mol. The molecule has 19 heavy (non-hydrogen) atoms. The van der Waals surface area contributed by atoms with E-state index in [1.54, 1.807) is 0 Å². The largest absolute Gasteiger partial charge is 0.487 e. The molecule has 2 rings (SSSR count). The van der Waals surface area contributed by atoms with Crippen molar-refractivity contribution < 1.29 is 9.30 Å². The topological polar surface area (TPSA) is 16.4 Å². The zero-order valence-corrected chi connectivity index (χ0v) is 12.8. The summed E-state index contributed by atoms with van der Waals surface area (Å²) in [5.41, 5.74) is 1.20. The highest BCUT2D eigenvalue weighted by atomic mass is 79.9. The number of hydrogen-bond donors (Lipinski definition) is 0. The highest BCUT2D eigenvalue weighted by Crippen LogP contribution is 2.17. The maximum atomic E-state index is 5.71. The van der Waals surface area contributed by atoms with Crippen molar-refractivity contribution in [1.29, 1.82) is 0 Å². The average Bonchev–Trinajstić information content (AvgIpc) is 2.39. The van der Waals surface area contributed by atoms with Gasteiger partial charge in [-0.1, -0.05) is 22.0 Å². The molecule has 1 aromatic carbocycles. The summed E-state index contributed by atoms with van der Waals surface area (Å²) >= 11 is 3.43. The smallest absolute Gasteiger partial charge is 0.182 e. The van der Waals surface area contributed by atoms with E-state index in [9.17, 15) is 0 Å². The van der Waals surface area contributed by atoms with Crippen molar-refractivity contribution in [3.8, 4) is 5.75 Å². The normalized spacial score (nSPS) is 10.3. The van der Waals surface area contributed by atoms with Crippen molar-refractivity contribution in [1.82, 2.24) is 0 Å². The number of halogens is 1. The van der Waals surface area contributed by atoms with E-state index in [4.69, 9.17) is 4.74 Å². The first-order valence-corrected chi connectivity index (χ1v) is 6.99. The van der Waals surface area contributed by atoms with Crippen LogP contribution in [0.5, 0.6) is 5.75 Å². The van der Waals surface area contributed by atoms with Gasteiger partial charge in [0.1, 0.15) is 12.4 Å². The molecular weight excluding hydrogens is 304 g/mol. The first kappa shape index (κ1) is 13.9. The number of pyridine rings is 1. The Balaban J connectivity index is 1.85. The predicted molar refractivity (Wildman–Crippen MR) is 80.6 cm³/mol. The third kappa shape index (κ3) is 4.24. The van der Waals surface area contributed by atoms with Gasteiger partial charge < -0.3 is 9.64 Å². The Kier molecular flexibility index (Phi) is 4.80. The van der Waals surface area contributed by atoms with Crippen LogP contribution in [0.4, 0.5) is 5.69 Å². The van der Waals surface area contributed by atoms with E-state index in [1.165, 1.54) is 5.69 Å². The van der Waals surface area contributed by atoms with Crippen LogP contribution in [0.15, 0.2) is 53.3 Å². The molecule has 0 radical (unpaired) electrons. The molecule has 0 unspecified atom stereocenters. The van der Waals surface area contributed by atoms with Gasteiger partial charge in [0.15, 0.2) is 18.9 Å². The molecule has 0 N–H and O–H groups in total. The standard InChI is InChI=1S/C15H18BrN2O/c1-17(2)14-6-8-18(9-7-14)10-11-19-15-5-3-4-13(16)12-15/h3-9,12H,10-11H2,1-2H3/q+1. The number of rotatable bonds is 5. The number of ether oxygens (including phenoxy) is 1. The van der Waals surface area contributed by atoms with Crippen LogP contribution in [0.3, 0.4) is 0 Å². The number of anilines is 1. The Bertz CT molecular complexity index is 526. The van der Waals surface area contributed by atoms with Crippen LogP contribution in [-0.2, 0) is 6.54 Å². The maximum absolute atomic E-state index is 5.71. The molecule has 0 aliphatic carbocycles. The van der Waals surface area contributed by atoms with E-state index in [1.807, 2.05) is 38.4 Å². The third-order valence-corrected chi connectivity index (χ3v) is 3.30. The summed E-state index contributed by atoms with van der Waals surface area (Å²) in [6.45, 7) is 1.49. The average molecular weight is 322 g/mol. The zero-order valence-electron chi connectivity index (χ0n) is 11.2. The Labute approximate surface area is 122 Å². The van der Waals surface area contributed by atoms with Gasteiger partial charge in [0.25, 0.3) is 0 Å². The summed E-state index contributed by atoms with van der Waals surface area (Å²) in [7, 11) is 4.08. The summed E-state index contributed by atoms with van der Waals surface area (Å²) in [6.07, 6.45) is 4.14. The van der Waals surface area contributed by atoms with Gasteiger partial charge in [0.05, 0.1) is 0 Å². The first-order chi connectivity index (χ1) is 9.15. The second-order valence-corrected chi connectivity index (χ2v) is 5.41. The second kappa shape index (κ2) is 6.57. The Morgan fingerprint density at radius 3 is 2.53 bits per heavy atom. The second-order valence-electron chi connectivity index (χ2n) is 4.49. The van der Waals surface area contributed by atoms with Crippen molar-refractivity contribution in [3.05, 3.63) is 53.3 Å². The molecule has 0 aliphatic rings. The molecule has 0 aliphatic heterocycles. The molecular formula is C15H18BrN2O+. The number of benzene rings is 1. The van der Waals surface area contributed by atoms with E-state index < -0.39 is 0 Å². The molecule has 0 amide bonds. The van der Waals surface area contributed by atoms with Gasteiger partial charge in [0.2, 0.25) is 0 Å². The molecule has 0 atom stereocenters. The zero-order chi connectivity index (χ0) is 13.7. The van der Waals surface area contributed by atoms with Crippen molar-refractivity contribution in [2.45, 2.75) is 6.54 Å². The molecule has 1 heterocycles. The summed E-state index contributed by atoms with van der Waals surface area (Å²) in [4.78, 5) is 2.09. The summed E-state index contributed by atoms with van der Waals surface area (Å²) in [5, 5.41) is 0. The Morgan fingerprint density at radius 1 is 1.16 bits per heavy atom. The predicted octanol–water partition coefficient (Wildman–Crippen LogP) is 2.88. The Morgan fingerprint density at radius 2 is 1.89 bits per heavy atom. The molecule has 100 valence electrons. The van der Waals surface area contributed by atoms with E-state index >= 15 is 0 Å². The van der Waals surface area contributed by atoms with Gasteiger partial charge in [-0.25, -0.2) is 4.57 Å². The van der Waals surface area contributed by atoms with E-state index in [0.29, 0.717) is 6.61 Å². The highest BCUT2D eigenvalue weighted by molar-refractivity contribution is 9.10. The SMILES string of the molecule is CN(C)c1cc[n+](CCOc2cccc(Br)c2)cc1. The molecule has 0 bridgehead atoms. The number of aromatic nitrogens is 1. The van der Waals surface area contributed by atoms with Crippen molar-refractivity contribution in [2.75, 3.05) is 25.6 Å². The molecule has 0 saturated carbocycles. The first-order valence-electron chi connectivity index (χ1n) is 6.20. The number of hydrogen-bond acceptors (Lipinski definition) is 2. The van der Waals surface area contributed by atoms with Crippen LogP contribution < -0.4 is 14.2 Å². The fourth-order valence-electron chi connectivity index (χ4n) is 1.72. The lowest BCUT2D eigenvalue weighted by Crippen LogP contribution is -2.35. The van der Waals surface area contributed by atoms with E-state index in [-0.39, 0.29) is 0 Å². The van der Waals surface area contributed by atoms with Crippen LogP contribution in [0.1, 0.15) is 0 Å². The summed E-state index contributed by atoms with van der Waals surface area (Å²) < 4.78 is 8.86. The lowest BCUT2D eigenvalue weighted by Gasteiger charge is -2.10. The highest BCUT2D eigenvalue weighted by Gasteiger charge is 2.03. The third-order valence-electron chi connectivity index (χ3n) is 2.80. The van der Waals surface area contributed by atoms with Crippen LogP contribution in [-0.4, -0.2) is 20.7 Å². The molecule has 2 aromatic rings. The minimum Gasteiger partial charge on any atom is -0.487 e. The minimum absolute atomic E-state index is 0.655. The van der Waals surface area contributed by atoms with Gasteiger partial charge >= 0.3 is 0 Å². The summed E-state index contributed by atoms with van der Waals surface area (Å²) in [5.74, 6) is 0.889. The van der Waals surface area contributed by atoms with Gasteiger partial charge in [0, 0.05) is 36.4 Å². The lowest BCUT2D eigenvalue weighted by molar-refractivity contribution is -0.697. The minimum atomic E-state index is 0.655. The number of nitrogens with zero attached hydrogens (tertiary/aromatic N) is 2. The maximum Gasteiger partial charge on any atom is 0.182 e. The van der Waals surface area contributed by atoms with Crippen LogP contribution in [0.25, 0.3) is 0 Å². The molecule has 4 heteroatoms. The van der Waals surface area contributed by atoms with Gasteiger partial charge in [-0.2, -0.15) is 0 Å².